The van der Waals surface area contributed by atoms with Crippen molar-refractivity contribution in [1.82, 2.24) is 0 Å². The Hall–Kier alpha value is -0.260. The topological polar surface area (TPSA) is 0 Å². The smallest absolute Gasteiger partial charge is 0.0134 e. The molecule has 3 aliphatic rings. The van der Waals surface area contributed by atoms with Gasteiger partial charge in [-0.1, -0.05) is 11.6 Å². The van der Waals surface area contributed by atoms with Gasteiger partial charge >= 0.3 is 0 Å². The van der Waals surface area contributed by atoms with Crippen molar-refractivity contribution in [2.24, 2.45) is 17.8 Å². The molecule has 0 bridgehead atoms. The van der Waals surface area contributed by atoms with Crippen LogP contribution in [0.3, 0.4) is 0 Å². The highest BCUT2D eigenvalue weighted by molar-refractivity contribution is 5.31. The minimum Gasteiger partial charge on any atom is -0.0847 e. The van der Waals surface area contributed by atoms with Crippen LogP contribution < -0.4 is 0 Å². The van der Waals surface area contributed by atoms with E-state index in [1.54, 1.807) is 12.0 Å². The fraction of sp³-hybridized carbons (Fsp3) is 0.750. The van der Waals surface area contributed by atoms with Crippen LogP contribution in [0.1, 0.15) is 19.3 Å². The fourth-order valence-electron chi connectivity index (χ4n) is 2.19. The maximum Gasteiger partial charge on any atom is -0.0134 e. The lowest BCUT2D eigenvalue weighted by Gasteiger charge is -1.96. The molecule has 0 aromatic rings. The van der Waals surface area contributed by atoms with E-state index >= 15 is 0 Å². The number of hydrogen-bond donors (Lipinski definition) is 0. The zero-order chi connectivity index (χ0) is 5.14. The van der Waals surface area contributed by atoms with Crippen molar-refractivity contribution in [1.29, 1.82) is 0 Å². The van der Waals surface area contributed by atoms with Gasteiger partial charge in [-0.15, -0.1) is 0 Å². The van der Waals surface area contributed by atoms with Crippen LogP contribution >= 0.6 is 0 Å². The first-order valence-electron chi connectivity index (χ1n) is 3.64. The lowest BCUT2D eigenvalue weighted by atomic mass is 10.1. The number of allylic oxidation sites excluding steroid dienone is 2. The number of hydrogen-bond acceptors (Lipinski definition) is 0. The van der Waals surface area contributed by atoms with Crippen LogP contribution in [0.25, 0.3) is 0 Å². The number of fused-ring (bicyclic) bond motifs is 3. The molecule has 3 atom stereocenters. The third kappa shape index (κ3) is 0.300. The molecule has 0 N–H and O–H groups in total. The van der Waals surface area contributed by atoms with Gasteiger partial charge in [0.1, 0.15) is 0 Å². The first kappa shape index (κ1) is 3.71. The van der Waals surface area contributed by atoms with Crippen molar-refractivity contribution in [3.63, 3.8) is 0 Å². The molecule has 0 amide bonds. The Morgan fingerprint density at radius 1 is 1.50 bits per heavy atom. The molecular formula is C8H10. The molecule has 2 fully saturated rings. The van der Waals surface area contributed by atoms with Crippen molar-refractivity contribution < 1.29 is 0 Å². The molecule has 3 rings (SSSR count). The van der Waals surface area contributed by atoms with Crippen LogP contribution in [0.5, 0.6) is 0 Å². The summed E-state index contributed by atoms with van der Waals surface area (Å²) in [6.07, 6.45) is 6.95. The molecular weight excluding hydrogens is 96.1 g/mol. The standard InChI is InChI=1S/C8H10/c1-2-6-4-8(6)7-3-5(1)7/h1,6-8H,2-4H2. The Bertz CT molecular complexity index is 167. The molecule has 8 heavy (non-hydrogen) atoms. The molecule has 0 radical (unpaired) electrons. The number of rotatable bonds is 0. The molecule has 2 saturated carbocycles. The van der Waals surface area contributed by atoms with E-state index in [4.69, 9.17) is 0 Å². The first-order valence-corrected chi connectivity index (χ1v) is 3.64. The fourth-order valence-corrected chi connectivity index (χ4v) is 2.19. The Balaban J connectivity index is 2.04. The van der Waals surface area contributed by atoms with Crippen molar-refractivity contribution in [3.8, 4) is 0 Å². The van der Waals surface area contributed by atoms with Crippen molar-refractivity contribution in [3.05, 3.63) is 11.6 Å². The average Bonchev–Trinajstić information content (AvgIpc) is 2.59. The summed E-state index contributed by atoms with van der Waals surface area (Å²) in [4.78, 5) is 0. The average molecular weight is 106 g/mol. The van der Waals surface area contributed by atoms with Crippen LogP contribution in [-0.2, 0) is 0 Å². The molecule has 0 aromatic carbocycles. The van der Waals surface area contributed by atoms with E-state index in [2.05, 4.69) is 6.08 Å². The van der Waals surface area contributed by atoms with Gasteiger partial charge in [-0.25, -0.2) is 0 Å². The molecule has 0 nitrogen and oxygen atoms in total. The van der Waals surface area contributed by atoms with E-state index < -0.39 is 0 Å². The van der Waals surface area contributed by atoms with Gasteiger partial charge in [-0.05, 0) is 37.0 Å². The van der Waals surface area contributed by atoms with Gasteiger partial charge in [0, 0.05) is 0 Å². The molecule has 0 heteroatoms. The second-order valence-electron chi connectivity index (χ2n) is 3.48. The van der Waals surface area contributed by atoms with E-state index in [-0.39, 0.29) is 0 Å². The van der Waals surface area contributed by atoms with Gasteiger partial charge in [0.2, 0.25) is 0 Å². The predicted molar refractivity (Wildman–Crippen MR) is 32.4 cm³/mol. The molecule has 42 valence electrons. The van der Waals surface area contributed by atoms with E-state index in [1.165, 1.54) is 18.8 Å². The summed E-state index contributed by atoms with van der Waals surface area (Å²) >= 11 is 0. The van der Waals surface area contributed by atoms with Crippen molar-refractivity contribution in [2.45, 2.75) is 19.3 Å². The van der Waals surface area contributed by atoms with E-state index in [1.807, 2.05) is 0 Å². The highest BCUT2D eigenvalue weighted by Gasteiger charge is 2.52. The SMILES string of the molecule is C1=C2CC2C2CC2C1. The molecule has 3 unspecified atom stereocenters. The van der Waals surface area contributed by atoms with Crippen molar-refractivity contribution in [2.75, 3.05) is 0 Å². The van der Waals surface area contributed by atoms with Gasteiger partial charge in [0.15, 0.2) is 0 Å². The molecule has 0 saturated heterocycles. The van der Waals surface area contributed by atoms with Gasteiger partial charge in [-0.2, -0.15) is 0 Å². The van der Waals surface area contributed by atoms with Gasteiger partial charge in [-0.3, -0.25) is 0 Å². The molecule has 0 heterocycles. The summed E-state index contributed by atoms with van der Waals surface area (Å²) in [7, 11) is 0. The molecule has 0 aliphatic heterocycles. The maximum absolute atomic E-state index is 2.48. The Morgan fingerprint density at radius 3 is 3.38 bits per heavy atom. The minimum atomic E-state index is 1.11. The van der Waals surface area contributed by atoms with E-state index in [0.29, 0.717) is 0 Å². The van der Waals surface area contributed by atoms with E-state index in [0.717, 1.165) is 11.8 Å². The summed E-state index contributed by atoms with van der Waals surface area (Å²) in [5.74, 6) is 3.43. The Kier molecular flexibility index (Phi) is 0.415. The van der Waals surface area contributed by atoms with Crippen LogP contribution in [-0.4, -0.2) is 0 Å². The second-order valence-corrected chi connectivity index (χ2v) is 3.48. The second kappa shape index (κ2) is 0.896. The predicted octanol–water partition coefficient (Wildman–Crippen LogP) is 1.97. The van der Waals surface area contributed by atoms with Gasteiger partial charge in [0.25, 0.3) is 0 Å². The Labute approximate surface area is 49.6 Å². The quantitative estimate of drug-likeness (QED) is 0.414. The lowest BCUT2D eigenvalue weighted by molar-refractivity contribution is 0.632. The normalized spacial score (nSPS) is 56.0. The Morgan fingerprint density at radius 2 is 2.50 bits per heavy atom. The van der Waals surface area contributed by atoms with Gasteiger partial charge < -0.3 is 0 Å². The first-order chi connectivity index (χ1) is 3.95. The third-order valence-corrected chi connectivity index (χ3v) is 2.95. The van der Waals surface area contributed by atoms with Crippen LogP contribution in [0.2, 0.25) is 0 Å². The zero-order valence-electron chi connectivity index (χ0n) is 4.93. The lowest BCUT2D eigenvalue weighted by Crippen LogP contribution is -1.87. The molecule has 0 aromatic heterocycles. The largest absolute Gasteiger partial charge is 0.0847 e. The summed E-state index contributed by atoms with van der Waals surface area (Å²) in [5, 5.41) is 0. The van der Waals surface area contributed by atoms with Crippen LogP contribution in [0.4, 0.5) is 0 Å². The van der Waals surface area contributed by atoms with Crippen LogP contribution in [0.15, 0.2) is 11.6 Å². The third-order valence-electron chi connectivity index (χ3n) is 2.95. The molecule has 3 aliphatic carbocycles. The zero-order valence-corrected chi connectivity index (χ0v) is 4.93. The maximum atomic E-state index is 2.48. The van der Waals surface area contributed by atoms with Gasteiger partial charge in [0.05, 0.1) is 0 Å². The summed E-state index contributed by atoms with van der Waals surface area (Å²) in [5.41, 5.74) is 1.80. The summed E-state index contributed by atoms with van der Waals surface area (Å²) < 4.78 is 0. The van der Waals surface area contributed by atoms with E-state index in [9.17, 15) is 0 Å². The summed E-state index contributed by atoms with van der Waals surface area (Å²) in [6, 6.07) is 0. The molecule has 0 spiro atoms. The summed E-state index contributed by atoms with van der Waals surface area (Å²) in [6.45, 7) is 0. The monoisotopic (exact) mass is 106 g/mol. The highest BCUT2D eigenvalue weighted by atomic mass is 14.6. The van der Waals surface area contributed by atoms with Crippen LogP contribution in [0, 0.1) is 17.8 Å². The minimum absolute atomic E-state index is 1.11. The highest BCUT2D eigenvalue weighted by Crippen LogP contribution is 2.62. The van der Waals surface area contributed by atoms with Crippen molar-refractivity contribution >= 4 is 0 Å².